The summed E-state index contributed by atoms with van der Waals surface area (Å²) in [5, 5.41) is 9.28. The molecule has 1 atom stereocenters. The maximum atomic E-state index is 11.8. The fourth-order valence-electron chi connectivity index (χ4n) is 1.76. The van der Waals surface area contributed by atoms with Crippen LogP contribution in [0.4, 0.5) is 0 Å². The van der Waals surface area contributed by atoms with Gasteiger partial charge in [-0.15, -0.1) is 0 Å². The summed E-state index contributed by atoms with van der Waals surface area (Å²) >= 11 is 0. The first-order valence-corrected chi connectivity index (χ1v) is 7.24. The van der Waals surface area contributed by atoms with E-state index in [4.69, 9.17) is 4.55 Å². The van der Waals surface area contributed by atoms with Gasteiger partial charge in [0.25, 0.3) is 10.1 Å². The van der Waals surface area contributed by atoms with Crippen molar-refractivity contribution in [2.75, 3.05) is 0 Å². The summed E-state index contributed by atoms with van der Waals surface area (Å²) in [5.41, 5.74) is -0.896. The largest absolute Gasteiger partial charge is 0.369 e. The quantitative estimate of drug-likeness (QED) is 0.661. The van der Waals surface area contributed by atoms with Crippen molar-refractivity contribution in [2.24, 2.45) is 0 Å². The number of carbonyl (C=O) groups is 1. The summed E-state index contributed by atoms with van der Waals surface area (Å²) in [6.45, 7) is 0. The van der Waals surface area contributed by atoms with E-state index in [1.807, 2.05) is 30.3 Å². The predicted molar refractivity (Wildman–Crippen MR) is 73.8 cm³/mol. The number of Topliss-reactive ketones (excluding diaryl/α,β-unsaturated/α-hetero) is 1. The Bertz CT molecular complexity index is 722. The minimum atomic E-state index is -4.82. The van der Waals surface area contributed by atoms with Crippen molar-refractivity contribution < 1.29 is 22.9 Å². The van der Waals surface area contributed by atoms with E-state index in [0.717, 1.165) is 5.56 Å². The highest BCUT2D eigenvalue weighted by molar-refractivity contribution is 7.87. The van der Waals surface area contributed by atoms with Gasteiger partial charge in [0, 0.05) is 5.56 Å². The minimum Gasteiger partial charge on any atom is -0.369 e. The highest BCUT2D eigenvalue weighted by Gasteiger charge is 2.29. The number of ketones is 1. The van der Waals surface area contributed by atoms with Crippen LogP contribution in [0.2, 0.25) is 0 Å². The van der Waals surface area contributed by atoms with Gasteiger partial charge >= 0.3 is 0 Å². The number of benzene rings is 2. The number of aliphatic hydroxyl groups is 1. The predicted octanol–water partition coefficient (Wildman–Crippen LogP) is 1.74. The van der Waals surface area contributed by atoms with Crippen LogP contribution >= 0.6 is 0 Å². The molecular formula is C14H12O5S. The van der Waals surface area contributed by atoms with E-state index >= 15 is 0 Å². The second kappa shape index (κ2) is 5.54. The van der Waals surface area contributed by atoms with Gasteiger partial charge < -0.3 is 5.11 Å². The van der Waals surface area contributed by atoms with Gasteiger partial charge in [0.1, 0.15) is 0 Å². The fraction of sp³-hybridized carbons (Fsp3) is 0.0714. The van der Waals surface area contributed by atoms with E-state index in [9.17, 15) is 18.3 Å². The second-order valence-corrected chi connectivity index (χ2v) is 5.65. The maximum absolute atomic E-state index is 11.8. The van der Waals surface area contributed by atoms with Gasteiger partial charge in [-0.3, -0.25) is 9.35 Å². The molecule has 104 valence electrons. The van der Waals surface area contributed by atoms with Crippen LogP contribution in [0.25, 0.3) is 11.1 Å². The fourth-order valence-corrected chi connectivity index (χ4v) is 2.17. The smallest absolute Gasteiger partial charge is 0.299 e. The Morgan fingerprint density at radius 2 is 1.55 bits per heavy atom. The molecule has 2 rings (SSSR count). The third-order valence-corrected chi connectivity index (χ3v) is 3.54. The number of hydrogen-bond donors (Lipinski definition) is 2. The van der Waals surface area contributed by atoms with Crippen molar-refractivity contribution in [3.05, 3.63) is 60.2 Å². The van der Waals surface area contributed by atoms with Gasteiger partial charge in [0.2, 0.25) is 11.2 Å². The van der Waals surface area contributed by atoms with E-state index < -0.39 is 21.3 Å². The van der Waals surface area contributed by atoms with Crippen molar-refractivity contribution >= 4 is 15.9 Å². The highest BCUT2D eigenvalue weighted by Crippen LogP contribution is 2.21. The molecule has 0 aromatic heterocycles. The van der Waals surface area contributed by atoms with Gasteiger partial charge in [0.05, 0.1) is 0 Å². The number of hydrogen-bond acceptors (Lipinski definition) is 4. The van der Waals surface area contributed by atoms with Crippen LogP contribution in [0.1, 0.15) is 10.4 Å². The molecule has 0 saturated heterocycles. The third-order valence-electron chi connectivity index (χ3n) is 2.76. The first kappa shape index (κ1) is 14.4. The SMILES string of the molecule is O=C(c1cccc(-c2ccccc2)c1)C(O)S(=O)(=O)O. The van der Waals surface area contributed by atoms with Gasteiger partial charge in [-0.2, -0.15) is 8.42 Å². The van der Waals surface area contributed by atoms with Crippen molar-refractivity contribution in [1.29, 1.82) is 0 Å². The zero-order valence-corrected chi connectivity index (χ0v) is 11.1. The molecule has 0 aliphatic heterocycles. The van der Waals surface area contributed by atoms with Crippen LogP contribution in [0.3, 0.4) is 0 Å². The molecule has 1 unspecified atom stereocenters. The molecule has 0 amide bonds. The van der Waals surface area contributed by atoms with E-state index in [1.165, 1.54) is 12.1 Å². The van der Waals surface area contributed by atoms with Gasteiger partial charge in [0.15, 0.2) is 0 Å². The topological polar surface area (TPSA) is 91.7 Å². The minimum absolute atomic E-state index is 0.0106. The summed E-state index contributed by atoms with van der Waals surface area (Å²) in [5.74, 6) is -1.06. The van der Waals surface area contributed by atoms with Crippen LogP contribution in [-0.2, 0) is 10.1 Å². The molecule has 0 fully saturated rings. The summed E-state index contributed by atoms with van der Waals surface area (Å²) < 4.78 is 30.3. The van der Waals surface area contributed by atoms with Crippen LogP contribution in [0.15, 0.2) is 54.6 Å². The average molecular weight is 292 g/mol. The average Bonchev–Trinajstić information content (AvgIpc) is 2.46. The maximum Gasteiger partial charge on any atom is 0.299 e. The molecule has 6 heteroatoms. The van der Waals surface area contributed by atoms with Crippen LogP contribution < -0.4 is 0 Å². The zero-order valence-electron chi connectivity index (χ0n) is 10.3. The van der Waals surface area contributed by atoms with Crippen LogP contribution in [-0.4, -0.2) is 29.3 Å². The lowest BCUT2D eigenvalue weighted by atomic mass is 10.0. The molecule has 2 aromatic rings. The molecule has 2 N–H and O–H groups in total. The van der Waals surface area contributed by atoms with Crippen molar-refractivity contribution in [1.82, 2.24) is 0 Å². The number of rotatable bonds is 4. The van der Waals surface area contributed by atoms with Crippen molar-refractivity contribution in [3.8, 4) is 11.1 Å². The summed E-state index contributed by atoms with van der Waals surface area (Å²) in [6.07, 6.45) is 0. The third kappa shape index (κ3) is 3.11. The summed E-state index contributed by atoms with van der Waals surface area (Å²) in [7, 11) is -4.82. The molecule has 0 saturated carbocycles. The van der Waals surface area contributed by atoms with Gasteiger partial charge in [-0.1, -0.05) is 48.5 Å². The van der Waals surface area contributed by atoms with Gasteiger partial charge in [-0.05, 0) is 17.2 Å². The molecule has 0 radical (unpaired) electrons. The first-order chi connectivity index (χ1) is 9.39. The van der Waals surface area contributed by atoms with Crippen molar-refractivity contribution in [2.45, 2.75) is 5.44 Å². The lowest BCUT2D eigenvalue weighted by Crippen LogP contribution is -2.29. The van der Waals surface area contributed by atoms with Crippen LogP contribution in [0.5, 0.6) is 0 Å². The summed E-state index contributed by atoms with van der Waals surface area (Å²) in [6, 6.07) is 15.4. The standard InChI is InChI=1S/C14H12O5S/c15-13(14(16)20(17,18)19)12-8-4-7-11(9-12)10-5-2-1-3-6-10/h1-9,14,16H,(H,17,18,19). The van der Waals surface area contributed by atoms with Crippen LogP contribution in [0, 0.1) is 0 Å². The normalized spacial score (nSPS) is 12.9. The van der Waals surface area contributed by atoms with E-state index in [0.29, 0.717) is 5.56 Å². The van der Waals surface area contributed by atoms with Gasteiger partial charge in [-0.25, -0.2) is 0 Å². The lowest BCUT2D eigenvalue weighted by Gasteiger charge is -2.08. The second-order valence-electron chi connectivity index (χ2n) is 4.18. The molecule has 0 bridgehead atoms. The molecule has 5 nitrogen and oxygen atoms in total. The Hall–Kier alpha value is -2.02. The molecule has 0 heterocycles. The molecule has 0 aliphatic carbocycles. The van der Waals surface area contributed by atoms with E-state index in [-0.39, 0.29) is 5.56 Å². The monoisotopic (exact) mass is 292 g/mol. The van der Waals surface area contributed by atoms with Crippen molar-refractivity contribution in [3.63, 3.8) is 0 Å². The molecule has 0 aliphatic rings. The van der Waals surface area contributed by atoms with E-state index in [1.54, 1.807) is 12.1 Å². The molecular weight excluding hydrogens is 280 g/mol. The Morgan fingerprint density at radius 1 is 0.950 bits per heavy atom. The Morgan fingerprint density at radius 3 is 2.15 bits per heavy atom. The Balaban J connectivity index is 2.39. The van der Waals surface area contributed by atoms with E-state index in [2.05, 4.69) is 0 Å². The Labute approximate surface area is 116 Å². The Kier molecular flexibility index (Phi) is 3.99. The number of aliphatic hydroxyl groups excluding tert-OH is 1. The highest BCUT2D eigenvalue weighted by atomic mass is 32.2. The lowest BCUT2D eigenvalue weighted by molar-refractivity contribution is 0.0848. The first-order valence-electron chi connectivity index (χ1n) is 5.73. The number of carbonyl (C=O) groups excluding carboxylic acids is 1. The molecule has 2 aromatic carbocycles. The molecule has 20 heavy (non-hydrogen) atoms. The zero-order chi connectivity index (χ0) is 14.8. The molecule has 0 spiro atoms. The summed E-state index contributed by atoms with van der Waals surface area (Å²) in [4.78, 5) is 11.8.